The molecule has 1 aliphatic rings. The van der Waals surface area contributed by atoms with Crippen molar-refractivity contribution < 1.29 is 13.2 Å². The third-order valence-electron chi connectivity index (χ3n) is 4.87. The van der Waals surface area contributed by atoms with Gasteiger partial charge in [-0.3, -0.25) is 9.78 Å². The normalized spacial score (nSPS) is 17.1. The molecule has 0 bridgehead atoms. The molecule has 1 saturated heterocycles. The second-order valence-electron chi connectivity index (χ2n) is 6.82. The predicted molar refractivity (Wildman–Crippen MR) is 104 cm³/mol. The summed E-state index contributed by atoms with van der Waals surface area (Å²) in [7, 11) is -3.50. The van der Waals surface area contributed by atoms with Crippen molar-refractivity contribution in [2.24, 2.45) is 0 Å². The second-order valence-corrected chi connectivity index (χ2v) is 8.76. The van der Waals surface area contributed by atoms with Crippen LogP contribution in [0.1, 0.15) is 54.6 Å². The van der Waals surface area contributed by atoms with Crippen molar-refractivity contribution >= 4 is 15.9 Å². The van der Waals surface area contributed by atoms with Crippen LogP contribution in [-0.4, -0.2) is 36.7 Å². The number of hydrogen-bond acceptors (Lipinski definition) is 4. The lowest BCUT2D eigenvalue weighted by molar-refractivity contribution is 0.0939. The number of rotatable bonds is 5. The first-order chi connectivity index (χ1) is 13.0. The molecule has 27 heavy (non-hydrogen) atoms. The lowest BCUT2D eigenvalue weighted by atomic mass is 10.1. The first-order valence-corrected chi connectivity index (χ1v) is 10.7. The van der Waals surface area contributed by atoms with Gasteiger partial charge in [0.15, 0.2) is 0 Å². The third kappa shape index (κ3) is 4.73. The predicted octanol–water partition coefficient (Wildman–Crippen LogP) is 3.14. The molecule has 3 rings (SSSR count). The summed E-state index contributed by atoms with van der Waals surface area (Å²) in [5.74, 6) is -0.238. The number of nitrogens with zero attached hydrogens (tertiary/aromatic N) is 2. The first kappa shape index (κ1) is 19.5. The molecule has 1 fully saturated rings. The molecule has 1 aliphatic heterocycles. The highest BCUT2D eigenvalue weighted by Gasteiger charge is 2.25. The van der Waals surface area contributed by atoms with Crippen molar-refractivity contribution in [1.82, 2.24) is 14.6 Å². The van der Waals surface area contributed by atoms with Gasteiger partial charge in [-0.15, -0.1) is 0 Å². The van der Waals surface area contributed by atoms with Crippen LogP contribution < -0.4 is 5.32 Å². The van der Waals surface area contributed by atoms with E-state index in [1.54, 1.807) is 28.8 Å². The van der Waals surface area contributed by atoms with Gasteiger partial charge in [0.1, 0.15) is 0 Å². The summed E-state index contributed by atoms with van der Waals surface area (Å²) in [6.45, 7) is 3.02. The number of aromatic nitrogens is 1. The van der Waals surface area contributed by atoms with Gasteiger partial charge >= 0.3 is 0 Å². The Morgan fingerprint density at radius 3 is 2.19 bits per heavy atom. The summed E-state index contributed by atoms with van der Waals surface area (Å²) in [6.07, 6.45) is 7.29. The van der Waals surface area contributed by atoms with Crippen molar-refractivity contribution in [3.05, 3.63) is 59.9 Å². The quantitative estimate of drug-likeness (QED) is 0.855. The first-order valence-electron chi connectivity index (χ1n) is 9.29. The molecule has 1 aromatic carbocycles. The summed E-state index contributed by atoms with van der Waals surface area (Å²) < 4.78 is 27.2. The van der Waals surface area contributed by atoms with Crippen molar-refractivity contribution in [1.29, 1.82) is 0 Å². The molecular formula is C20H25N3O3S. The fourth-order valence-corrected chi connectivity index (χ4v) is 4.74. The molecule has 0 spiro atoms. The lowest BCUT2D eigenvalue weighted by Crippen LogP contribution is -2.32. The Morgan fingerprint density at radius 2 is 1.59 bits per heavy atom. The van der Waals surface area contributed by atoms with Gasteiger partial charge in [0.25, 0.3) is 5.91 Å². The number of amides is 1. The van der Waals surface area contributed by atoms with Gasteiger partial charge in [-0.25, -0.2) is 8.42 Å². The molecule has 0 radical (unpaired) electrons. The fraction of sp³-hybridized carbons (Fsp3) is 0.400. The minimum absolute atomic E-state index is 0.166. The van der Waals surface area contributed by atoms with E-state index in [4.69, 9.17) is 0 Å². The van der Waals surface area contributed by atoms with E-state index in [1.807, 2.05) is 19.1 Å². The third-order valence-corrected chi connectivity index (χ3v) is 6.79. The standard InChI is InChI=1S/C20H25N3O3S/c1-16(17-10-12-21-13-11-17)22-20(24)18-6-8-19(9-7-18)27(25,26)23-14-4-2-3-5-15-23/h6-13,16H,2-5,14-15H2,1H3,(H,22,24). The van der Waals surface area contributed by atoms with Gasteiger partial charge in [0.05, 0.1) is 10.9 Å². The molecule has 2 heterocycles. The van der Waals surface area contributed by atoms with Crippen LogP contribution in [0.15, 0.2) is 53.7 Å². The topological polar surface area (TPSA) is 79.4 Å². The zero-order valence-electron chi connectivity index (χ0n) is 15.5. The monoisotopic (exact) mass is 387 g/mol. The Bertz CT molecular complexity index is 859. The molecule has 6 nitrogen and oxygen atoms in total. The Morgan fingerprint density at radius 1 is 1.00 bits per heavy atom. The van der Waals surface area contributed by atoms with Crippen LogP contribution in [-0.2, 0) is 10.0 Å². The second kappa shape index (κ2) is 8.63. The van der Waals surface area contributed by atoms with Gasteiger partial charge < -0.3 is 5.32 Å². The van der Waals surface area contributed by atoms with E-state index < -0.39 is 10.0 Å². The van der Waals surface area contributed by atoms with Gasteiger partial charge in [0.2, 0.25) is 10.0 Å². The van der Waals surface area contributed by atoms with E-state index in [9.17, 15) is 13.2 Å². The number of pyridine rings is 1. The van der Waals surface area contributed by atoms with Crippen LogP contribution in [0, 0.1) is 0 Å². The fourth-order valence-electron chi connectivity index (χ4n) is 3.22. The van der Waals surface area contributed by atoms with Gasteiger partial charge in [-0.1, -0.05) is 12.8 Å². The van der Waals surface area contributed by atoms with E-state index in [0.29, 0.717) is 18.7 Å². The molecular weight excluding hydrogens is 362 g/mol. The molecule has 2 aromatic rings. The van der Waals surface area contributed by atoms with Gasteiger partial charge in [-0.05, 0) is 61.7 Å². The number of hydrogen-bond donors (Lipinski definition) is 1. The molecule has 7 heteroatoms. The van der Waals surface area contributed by atoms with E-state index >= 15 is 0 Å². The van der Waals surface area contributed by atoms with Crippen LogP contribution in [0.3, 0.4) is 0 Å². The number of benzene rings is 1. The maximum Gasteiger partial charge on any atom is 0.251 e. The molecule has 1 unspecified atom stereocenters. The summed E-state index contributed by atoms with van der Waals surface area (Å²) in [5, 5.41) is 2.92. The Balaban J connectivity index is 1.70. The Labute approximate surface area is 160 Å². The SMILES string of the molecule is CC(NC(=O)c1ccc(S(=O)(=O)N2CCCCCC2)cc1)c1ccncc1. The zero-order valence-corrected chi connectivity index (χ0v) is 16.3. The lowest BCUT2D eigenvalue weighted by Gasteiger charge is -2.20. The van der Waals surface area contributed by atoms with Crippen molar-refractivity contribution in [3.63, 3.8) is 0 Å². The van der Waals surface area contributed by atoms with Crippen LogP contribution >= 0.6 is 0 Å². The number of carbonyl (C=O) groups is 1. The molecule has 1 amide bonds. The molecule has 144 valence electrons. The minimum atomic E-state index is -3.50. The van der Waals surface area contributed by atoms with Crippen molar-refractivity contribution in [3.8, 4) is 0 Å². The Kier molecular flexibility index (Phi) is 6.23. The maximum atomic E-state index is 12.8. The average Bonchev–Trinajstić information content (AvgIpc) is 2.99. The van der Waals surface area contributed by atoms with Crippen LogP contribution in [0.2, 0.25) is 0 Å². The van der Waals surface area contributed by atoms with E-state index in [1.165, 1.54) is 12.1 Å². The Hall–Kier alpha value is -2.25. The summed E-state index contributed by atoms with van der Waals surface area (Å²) in [6, 6.07) is 9.71. The van der Waals surface area contributed by atoms with Crippen LogP contribution in [0.25, 0.3) is 0 Å². The highest BCUT2D eigenvalue weighted by atomic mass is 32.2. The highest BCUT2D eigenvalue weighted by molar-refractivity contribution is 7.89. The van der Waals surface area contributed by atoms with Crippen LogP contribution in [0.5, 0.6) is 0 Å². The maximum absolute atomic E-state index is 12.8. The van der Waals surface area contributed by atoms with Gasteiger partial charge in [-0.2, -0.15) is 4.31 Å². The molecule has 1 atom stereocenters. The smallest absolute Gasteiger partial charge is 0.251 e. The zero-order chi connectivity index (χ0) is 19.3. The van der Waals surface area contributed by atoms with E-state index in [0.717, 1.165) is 31.2 Å². The summed E-state index contributed by atoms with van der Waals surface area (Å²) in [5.41, 5.74) is 1.39. The number of carbonyl (C=O) groups excluding carboxylic acids is 1. The molecule has 0 aliphatic carbocycles. The minimum Gasteiger partial charge on any atom is -0.346 e. The average molecular weight is 388 g/mol. The summed E-state index contributed by atoms with van der Waals surface area (Å²) in [4.78, 5) is 16.7. The largest absolute Gasteiger partial charge is 0.346 e. The number of sulfonamides is 1. The van der Waals surface area contributed by atoms with Crippen LogP contribution in [0.4, 0.5) is 0 Å². The molecule has 1 N–H and O–H groups in total. The highest BCUT2D eigenvalue weighted by Crippen LogP contribution is 2.21. The number of nitrogens with one attached hydrogen (secondary N) is 1. The molecule has 0 saturated carbocycles. The van der Waals surface area contributed by atoms with E-state index in [2.05, 4.69) is 10.3 Å². The van der Waals surface area contributed by atoms with Gasteiger partial charge in [0, 0.05) is 31.0 Å². The van der Waals surface area contributed by atoms with E-state index in [-0.39, 0.29) is 16.8 Å². The summed E-state index contributed by atoms with van der Waals surface area (Å²) >= 11 is 0. The van der Waals surface area contributed by atoms with Crippen molar-refractivity contribution in [2.75, 3.05) is 13.1 Å². The molecule has 1 aromatic heterocycles. The van der Waals surface area contributed by atoms with Crippen molar-refractivity contribution in [2.45, 2.75) is 43.5 Å².